The second-order valence-corrected chi connectivity index (χ2v) is 8.72. The van der Waals surface area contributed by atoms with Gasteiger partial charge in [-0.15, -0.1) is 0 Å². The first-order valence-electron chi connectivity index (χ1n) is 13.3. The second kappa shape index (κ2) is 15.0. The zero-order valence-electron chi connectivity index (χ0n) is 23.6. The molecule has 0 unspecified atom stereocenters. The summed E-state index contributed by atoms with van der Waals surface area (Å²) in [7, 11) is 0. The smallest absolute Gasteiger partial charge is 0.339 e. The molecule has 7 aromatic rings. The van der Waals surface area contributed by atoms with Crippen molar-refractivity contribution in [2.75, 3.05) is 0 Å². The Morgan fingerprint density at radius 2 is 0.826 bits per heavy atom. The molecule has 14 heteroatoms. The van der Waals surface area contributed by atoms with Crippen molar-refractivity contribution in [1.82, 2.24) is 29.9 Å². The van der Waals surface area contributed by atoms with Crippen LogP contribution in [0.4, 0.5) is 0 Å². The lowest BCUT2D eigenvalue weighted by molar-refractivity contribution is 0.0686. The minimum atomic E-state index is -1.26. The Morgan fingerprint density at radius 1 is 0.457 bits per heavy atom. The van der Waals surface area contributed by atoms with Gasteiger partial charge in [0.15, 0.2) is 22.3 Å². The molecule has 4 bridgehead atoms. The van der Waals surface area contributed by atoms with Gasteiger partial charge in [0.05, 0.1) is 24.8 Å². The highest BCUT2D eigenvalue weighted by atomic mass is 16.4. The van der Waals surface area contributed by atoms with Gasteiger partial charge in [0.2, 0.25) is 22.9 Å². The maximum atomic E-state index is 11.8. The minimum absolute atomic E-state index is 0.00292. The van der Waals surface area contributed by atoms with Crippen LogP contribution in [0.15, 0.2) is 140 Å². The van der Waals surface area contributed by atoms with Crippen LogP contribution < -0.4 is 0 Å². The number of carboxylic acids is 2. The number of fused-ring (bicyclic) bond motifs is 6. The number of carboxylic acid groups (broad SMARTS) is 2. The summed E-state index contributed by atoms with van der Waals surface area (Å²) in [5.74, 6) is -2.53. The number of nitrogens with zero attached hydrogens (tertiary/aromatic N) is 6. The van der Waals surface area contributed by atoms with Crippen LogP contribution >= 0.6 is 0 Å². The summed E-state index contributed by atoms with van der Waals surface area (Å²) < 4.78 is 22.9. The van der Waals surface area contributed by atoms with Gasteiger partial charge in [-0.3, -0.25) is 19.9 Å². The predicted octanol–water partition coefficient (Wildman–Crippen LogP) is 6.62. The Hall–Kier alpha value is -6.96. The van der Waals surface area contributed by atoms with E-state index in [1.807, 2.05) is 36.4 Å². The quantitative estimate of drug-likeness (QED) is 0.209. The number of aromatic carboxylic acids is 2. The molecule has 2 aromatic carbocycles. The third kappa shape index (κ3) is 8.11. The molecule has 5 heterocycles. The van der Waals surface area contributed by atoms with Crippen molar-refractivity contribution in [3.8, 4) is 0 Å². The van der Waals surface area contributed by atoms with Gasteiger partial charge in [0, 0.05) is 24.8 Å². The third-order valence-corrected chi connectivity index (χ3v) is 5.57. The van der Waals surface area contributed by atoms with Gasteiger partial charge < -0.3 is 27.9 Å². The van der Waals surface area contributed by atoms with Crippen LogP contribution in [0.25, 0.3) is 45.2 Å². The molecule has 0 saturated carbocycles. The third-order valence-electron chi connectivity index (χ3n) is 5.57. The number of rotatable bonds is 2. The van der Waals surface area contributed by atoms with Crippen molar-refractivity contribution in [3.63, 3.8) is 0 Å². The standard InChI is InChI=1S/C22H12N4O8.2C5H5N/c27-21(28)11-3-1-5-13-19(11)33-17-9-24-8-16(26-17)32-14-6-2-4-12(22(29)30)20(14)34-18-10-23-7-15(25-18)31-13;2*1-2-4-6-5-3-1/h1-10H,(H,27,28)(H,29,30);2*1-5H. The SMILES string of the molecule is O=C(O)c1cccc2oc3cncc(n3)oc3c(C(=O)O)cccc3oc3cncc(n3)oc12.c1ccncc1.c1ccncc1. The molecular weight excluding hydrogens is 596 g/mol. The van der Waals surface area contributed by atoms with E-state index in [4.69, 9.17) is 17.7 Å². The summed E-state index contributed by atoms with van der Waals surface area (Å²) in [5.41, 5.74) is -1.06. The second-order valence-electron chi connectivity index (χ2n) is 8.72. The molecule has 0 aliphatic rings. The normalized spacial score (nSPS) is 10.1. The zero-order valence-corrected chi connectivity index (χ0v) is 23.6. The first kappa shape index (κ1) is 30.5. The predicted molar refractivity (Wildman–Crippen MR) is 163 cm³/mol. The van der Waals surface area contributed by atoms with E-state index in [0.717, 1.165) is 0 Å². The fourth-order valence-electron chi connectivity index (χ4n) is 3.66. The van der Waals surface area contributed by atoms with Gasteiger partial charge >= 0.3 is 11.9 Å². The van der Waals surface area contributed by atoms with Crippen LogP contribution in [-0.4, -0.2) is 52.1 Å². The number of aromatic nitrogens is 6. The van der Waals surface area contributed by atoms with E-state index in [1.54, 1.807) is 24.8 Å². The molecular formula is C32H22N6O8. The van der Waals surface area contributed by atoms with Crippen molar-refractivity contribution < 1.29 is 37.5 Å². The molecule has 0 amide bonds. The number of benzene rings is 2. The van der Waals surface area contributed by atoms with E-state index < -0.39 is 11.9 Å². The molecule has 46 heavy (non-hydrogen) atoms. The lowest BCUT2D eigenvalue weighted by Gasteiger charge is -2.00. The first-order valence-corrected chi connectivity index (χ1v) is 13.3. The average Bonchev–Trinajstić information content (AvgIpc) is 3.08. The fourth-order valence-corrected chi connectivity index (χ4v) is 3.66. The lowest BCUT2D eigenvalue weighted by Crippen LogP contribution is -1.97. The summed E-state index contributed by atoms with van der Waals surface area (Å²) >= 11 is 0. The van der Waals surface area contributed by atoms with Crippen molar-refractivity contribution in [1.29, 1.82) is 0 Å². The molecule has 0 spiro atoms. The number of pyridine rings is 2. The van der Waals surface area contributed by atoms with Gasteiger partial charge in [0.1, 0.15) is 11.1 Å². The van der Waals surface area contributed by atoms with Gasteiger partial charge in [-0.05, 0) is 48.5 Å². The topological polar surface area (TPSA) is 204 Å². The van der Waals surface area contributed by atoms with Crippen LogP contribution in [-0.2, 0) is 0 Å². The van der Waals surface area contributed by atoms with Crippen LogP contribution in [0.5, 0.6) is 0 Å². The average molecular weight is 619 g/mol. The van der Waals surface area contributed by atoms with Gasteiger partial charge in [-0.25, -0.2) is 9.59 Å². The van der Waals surface area contributed by atoms with Crippen molar-refractivity contribution in [2.24, 2.45) is 0 Å². The van der Waals surface area contributed by atoms with E-state index in [-0.39, 0.29) is 56.3 Å². The van der Waals surface area contributed by atoms with Crippen LogP contribution in [0.3, 0.4) is 0 Å². The minimum Gasteiger partial charge on any atom is -0.478 e. The lowest BCUT2D eigenvalue weighted by atomic mass is 10.2. The number of carbonyl (C=O) groups is 2. The van der Waals surface area contributed by atoms with E-state index in [2.05, 4.69) is 29.9 Å². The maximum absolute atomic E-state index is 11.8. The molecule has 0 aliphatic carbocycles. The molecule has 0 aliphatic heterocycles. The van der Waals surface area contributed by atoms with Crippen LogP contribution in [0, 0.1) is 0 Å². The van der Waals surface area contributed by atoms with E-state index in [0.29, 0.717) is 0 Å². The molecule has 228 valence electrons. The molecule has 0 fully saturated rings. The first-order chi connectivity index (χ1) is 22.5. The molecule has 0 radical (unpaired) electrons. The van der Waals surface area contributed by atoms with E-state index in [1.165, 1.54) is 61.2 Å². The van der Waals surface area contributed by atoms with Crippen LogP contribution in [0.1, 0.15) is 20.7 Å². The number of hydrogen-bond donors (Lipinski definition) is 2. The van der Waals surface area contributed by atoms with Crippen molar-refractivity contribution >= 4 is 57.1 Å². The highest BCUT2D eigenvalue weighted by Crippen LogP contribution is 2.22. The molecule has 0 saturated heterocycles. The molecule has 14 nitrogen and oxygen atoms in total. The Labute approximate surface area is 258 Å². The summed E-state index contributed by atoms with van der Waals surface area (Å²) in [6.45, 7) is 0. The Balaban J connectivity index is 0.000000289. The van der Waals surface area contributed by atoms with Gasteiger partial charge in [-0.2, -0.15) is 9.97 Å². The van der Waals surface area contributed by atoms with Gasteiger partial charge in [0.25, 0.3) is 0 Å². The van der Waals surface area contributed by atoms with Crippen molar-refractivity contribution in [2.45, 2.75) is 0 Å². The summed E-state index contributed by atoms with van der Waals surface area (Å²) in [5, 5.41) is 19.2. The fraction of sp³-hybridized carbons (Fsp3) is 0. The highest BCUT2D eigenvalue weighted by molar-refractivity contribution is 6.00. The monoisotopic (exact) mass is 618 g/mol. The largest absolute Gasteiger partial charge is 0.478 e. The molecule has 7 rings (SSSR count). The Kier molecular flexibility index (Phi) is 9.93. The van der Waals surface area contributed by atoms with Crippen molar-refractivity contribution in [3.05, 3.63) is 133 Å². The summed E-state index contributed by atoms with van der Waals surface area (Å²) in [6, 6.07) is 19.9. The molecule has 2 N–H and O–H groups in total. The highest BCUT2D eigenvalue weighted by Gasteiger charge is 2.13. The number of hydrogen-bond acceptors (Lipinski definition) is 12. The Bertz CT molecular complexity index is 2030. The Morgan fingerprint density at radius 3 is 1.13 bits per heavy atom. The van der Waals surface area contributed by atoms with Gasteiger partial charge in [-0.1, -0.05) is 24.3 Å². The summed E-state index contributed by atoms with van der Waals surface area (Å²) in [6.07, 6.45) is 12.0. The van der Waals surface area contributed by atoms with E-state index in [9.17, 15) is 19.8 Å². The summed E-state index contributed by atoms with van der Waals surface area (Å²) in [4.78, 5) is 47.5. The van der Waals surface area contributed by atoms with Crippen LogP contribution in [0.2, 0.25) is 0 Å². The molecule has 0 atom stereocenters. The maximum Gasteiger partial charge on any atom is 0.339 e. The van der Waals surface area contributed by atoms with E-state index >= 15 is 0 Å². The number of para-hydroxylation sites is 2. The zero-order chi connectivity index (χ0) is 32.1. The molecule has 5 aromatic heterocycles.